The first-order chi connectivity index (χ1) is 9.24. The fourth-order valence-corrected chi connectivity index (χ4v) is 3.53. The van der Waals surface area contributed by atoms with Crippen LogP contribution >= 0.6 is 0 Å². The highest BCUT2D eigenvalue weighted by Crippen LogP contribution is 2.30. The summed E-state index contributed by atoms with van der Waals surface area (Å²) in [7, 11) is 0. The largest absolute Gasteiger partial charge is 0.364 e. The maximum absolute atomic E-state index is 12.3. The highest BCUT2D eigenvalue weighted by atomic mass is 16.1. The van der Waals surface area contributed by atoms with Crippen LogP contribution in [0, 0.1) is 12.8 Å². The molecule has 1 aromatic carbocycles. The standard InChI is InChI=1S/C17H23NO/c1-13-8-9-16-15(11-13)7-4-10-18(16)12-17(19)14-5-2-3-6-14/h8-9,11,14H,2-7,10,12H2,1H3. The summed E-state index contributed by atoms with van der Waals surface area (Å²) in [6.07, 6.45) is 7.05. The van der Waals surface area contributed by atoms with E-state index in [4.69, 9.17) is 0 Å². The normalized spacial score (nSPS) is 19.5. The summed E-state index contributed by atoms with van der Waals surface area (Å²) in [6, 6.07) is 6.64. The van der Waals surface area contributed by atoms with E-state index < -0.39 is 0 Å². The van der Waals surface area contributed by atoms with E-state index in [1.54, 1.807) is 0 Å². The van der Waals surface area contributed by atoms with E-state index in [2.05, 4.69) is 30.0 Å². The van der Waals surface area contributed by atoms with E-state index in [1.165, 1.54) is 36.1 Å². The molecule has 1 aromatic rings. The molecule has 2 nitrogen and oxygen atoms in total. The third-order valence-corrected chi connectivity index (χ3v) is 4.61. The van der Waals surface area contributed by atoms with Gasteiger partial charge in [-0.25, -0.2) is 0 Å². The van der Waals surface area contributed by atoms with Crippen molar-refractivity contribution in [2.24, 2.45) is 5.92 Å². The molecular formula is C17H23NO. The van der Waals surface area contributed by atoms with Crippen LogP contribution in [0.2, 0.25) is 0 Å². The molecule has 1 aliphatic heterocycles. The van der Waals surface area contributed by atoms with E-state index >= 15 is 0 Å². The van der Waals surface area contributed by atoms with Gasteiger partial charge >= 0.3 is 0 Å². The summed E-state index contributed by atoms with van der Waals surface area (Å²) in [5.41, 5.74) is 4.04. The Balaban J connectivity index is 1.74. The van der Waals surface area contributed by atoms with Crippen molar-refractivity contribution in [3.63, 3.8) is 0 Å². The maximum atomic E-state index is 12.3. The van der Waals surface area contributed by atoms with Crippen molar-refractivity contribution >= 4 is 11.5 Å². The Morgan fingerprint density at radius 1 is 1.26 bits per heavy atom. The number of aryl methyl sites for hydroxylation is 2. The summed E-state index contributed by atoms with van der Waals surface area (Å²) >= 11 is 0. The number of nitrogens with zero attached hydrogens (tertiary/aromatic N) is 1. The number of hydrogen-bond acceptors (Lipinski definition) is 2. The Kier molecular flexibility index (Phi) is 3.58. The van der Waals surface area contributed by atoms with Crippen LogP contribution in [-0.4, -0.2) is 18.9 Å². The van der Waals surface area contributed by atoms with Crippen molar-refractivity contribution in [2.45, 2.75) is 45.4 Å². The molecule has 0 amide bonds. The minimum absolute atomic E-state index is 0.343. The quantitative estimate of drug-likeness (QED) is 0.826. The molecule has 0 saturated heterocycles. The average molecular weight is 257 g/mol. The fourth-order valence-electron chi connectivity index (χ4n) is 3.53. The third-order valence-electron chi connectivity index (χ3n) is 4.61. The monoisotopic (exact) mass is 257 g/mol. The van der Waals surface area contributed by atoms with Gasteiger partial charge in [0.05, 0.1) is 6.54 Å². The van der Waals surface area contributed by atoms with Crippen LogP contribution in [0.4, 0.5) is 5.69 Å². The van der Waals surface area contributed by atoms with Gasteiger partial charge in [0.1, 0.15) is 0 Å². The van der Waals surface area contributed by atoms with Gasteiger partial charge in [0.2, 0.25) is 0 Å². The second kappa shape index (κ2) is 5.36. The Labute approximate surface area is 115 Å². The van der Waals surface area contributed by atoms with Gasteiger partial charge in [-0.05, 0) is 44.2 Å². The third kappa shape index (κ3) is 2.68. The number of rotatable bonds is 3. The summed E-state index contributed by atoms with van der Waals surface area (Å²) in [4.78, 5) is 14.7. The number of anilines is 1. The van der Waals surface area contributed by atoms with E-state index in [9.17, 15) is 4.79 Å². The smallest absolute Gasteiger partial charge is 0.155 e. The Bertz CT molecular complexity index is 474. The van der Waals surface area contributed by atoms with Gasteiger partial charge in [0.15, 0.2) is 5.78 Å². The lowest BCUT2D eigenvalue weighted by Crippen LogP contribution is -2.36. The van der Waals surface area contributed by atoms with Crippen LogP contribution in [0.3, 0.4) is 0 Å². The second-order valence-corrected chi connectivity index (χ2v) is 6.10. The first-order valence-electron chi connectivity index (χ1n) is 7.61. The van der Waals surface area contributed by atoms with Crippen LogP contribution < -0.4 is 4.90 Å². The predicted molar refractivity (Wildman–Crippen MR) is 78.7 cm³/mol. The van der Waals surface area contributed by atoms with Crippen LogP contribution in [-0.2, 0) is 11.2 Å². The lowest BCUT2D eigenvalue weighted by molar-refractivity contribution is -0.121. The molecule has 2 aliphatic rings. The Morgan fingerprint density at radius 3 is 2.84 bits per heavy atom. The Morgan fingerprint density at radius 2 is 2.05 bits per heavy atom. The highest BCUT2D eigenvalue weighted by Gasteiger charge is 2.26. The molecule has 1 aliphatic carbocycles. The molecule has 0 radical (unpaired) electrons. The molecule has 19 heavy (non-hydrogen) atoms. The molecule has 0 spiro atoms. The van der Waals surface area contributed by atoms with Crippen molar-refractivity contribution in [1.29, 1.82) is 0 Å². The molecule has 0 unspecified atom stereocenters. The summed E-state index contributed by atoms with van der Waals surface area (Å²) < 4.78 is 0. The number of Topliss-reactive ketones (excluding diaryl/α,β-unsaturated/α-hetero) is 1. The number of ketones is 1. The predicted octanol–water partition coefficient (Wildman–Crippen LogP) is 3.51. The van der Waals surface area contributed by atoms with Gasteiger partial charge < -0.3 is 4.90 Å². The van der Waals surface area contributed by atoms with Crippen molar-refractivity contribution in [3.05, 3.63) is 29.3 Å². The van der Waals surface area contributed by atoms with Gasteiger partial charge in [0, 0.05) is 18.2 Å². The van der Waals surface area contributed by atoms with Crippen molar-refractivity contribution in [2.75, 3.05) is 18.0 Å². The lowest BCUT2D eigenvalue weighted by Gasteiger charge is -2.31. The van der Waals surface area contributed by atoms with E-state index in [1.807, 2.05) is 0 Å². The fraction of sp³-hybridized carbons (Fsp3) is 0.588. The zero-order valence-electron chi connectivity index (χ0n) is 11.8. The van der Waals surface area contributed by atoms with Gasteiger partial charge in [-0.15, -0.1) is 0 Å². The van der Waals surface area contributed by atoms with Gasteiger partial charge in [-0.2, -0.15) is 0 Å². The van der Waals surface area contributed by atoms with Crippen LogP contribution in [0.5, 0.6) is 0 Å². The van der Waals surface area contributed by atoms with Gasteiger partial charge in [-0.3, -0.25) is 4.79 Å². The van der Waals surface area contributed by atoms with Crippen molar-refractivity contribution in [1.82, 2.24) is 0 Å². The number of carbonyl (C=O) groups is 1. The van der Waals surface area contributed by atoms with Crippen molar-refractivity contribution < 1.29 is 4.79 Å². The topological polar surface area (TPSA) is 20.3 Å². The maximum Gasteiger partial charge on any atom is 0.155 e. The van der Waals surface area contributed by atoms with Crippen LogP contribution in [0.25, 0.3) is 0 Å². The lowest BCUT2D eigenvalue weighted by atomic mass is 9.97. The second-order valence-electron chi connectivity index (χ2n) is 6.10. The van der Waals surface area contributed by atoms with Crippen LogP contribution in [0.1, 0.15) is 43.2 Å². The molecule has 3 rings (SSSR count). The van der Waals surface area contributed by atoms with Gasteiger partial charge in [0.25, 0.3) is 0 Å². The molecule has 1 fully saturated rings. The van der Waals surface area contributed by atoms with E-state index in [0.717, 1.165) is 25.8 Å². The number of carbonyl (C=O) groups excluding carboxylic acids is 1. The van der Waals surface area contributed by atoms with Gasteiger partial charge in [-0.1, -0.05) is 30.5 Å². The summed E-state index contributed by atoms with van der Waals surface area (Å²) in [5.74, 6) is 0.807. The molecule has 102 valence electrons. The first-order valence-corrected chi connectivity index (χ1v) is 7.61. The van der Waals surface area contributed by atoms with Crippen LogP contribution in [0.15, 0.2) is 18.2 Å². The molecular weight excluding hydrogens is 234 g/mol. The first kappa shape index (κ1) is 12.7. The minimum atomic E-state index is 0.343. The summed E-state index contributed by atoms with van der Waals surface area (Å²) in [5, 5.41) is 0. The zero-order chi connectivity index (χ0) is 13.2. The highest BCUT2D eigenvalue weighted by molar-refractivity contribution is 5.86. The average Bonchev–Trinajstić information content (AvgIpc) is 2.92. The molecule has 2 heteroatoms. The molecule has 0 bridgehead atoms. The minimum Gasteiger partial charge on any atom is -0.364 e. The van der Waals surface area contributed by atoms with E-state index in [-0.39, 0.29) is 0 Å². The van der Waals surface area contributed by atoms with E-state index in [0.29, 0.717) is 18.2 Å². The molecule has 1 heterocycles. The molecule has 0 atom stereocenters. The zero-order valence-corrected chi connectivity index (χ0v) is 11.8. The molecule has 0 aromatic heterocycles. The molecule has 1 saturated carbocycles. The number of fused-ring (bicyclic) bond motifs is 1. The summed E-state index contributed by atoms with van der Waals surface area (Å²) in [6.45, 7) is 3.80. The van der Waals surface area contributed by atoms with Crippen molar-refractivity contribution in [3.8, 4) is 0 Å². The molecule has 0 N–H and O–H groups in total. The number of hydrogen-bond donors (Lipinski definition) is 0. The Hall–Kier alpha value is -1.31. The SMILES string of the molecule is Cc1ccc2c(c1)CCCN2CC(=O)C1CCCC1. The number of benzene rings is 1.